The van der Waals surface area contributed by atoms with E-state index >= 15 is 0 Å². The van der Waals surface area contributed by atoms with Crippen LogP contribution in [-0.2, 0) is 26.2 Å². The molecule has 0 aliphatic carbocycles. The molecular weight excluding hydrogens is 529 g/mol. The third-order valence-corrected chi connectivity index (χ3v) is 8.54. The summed E-state index contributed by atoms with van der Waals surface area (Å²) in [4.78, 5) is 28.6. The lowest BCUT2D eigenvalue weighted by molar-refractivity contribution is -0.140. The number of nitrogens with one attached hydrogen (secondary N) is 1. The van der Waals surface area contributed by atoms with Crippen LogP contribution in [0.4, 0.5) is 10.1 Å². The number of carbonyl (C=O) groups is 2. The quantitative estimate of drug-likeness (QED) is 0.342. The Morgan fingerprint density at radius 3 is 2.08 bits per heavy atom. The van der Waals surface area contributed by atoms with E-state index in [-0.39, 0.29) is 23.4 Å². The fourth-order valence-electron chi connectivity index (χ4n) is 4.33. The number of hydrogen-bond acceptors (Lipinski definition) is 4. The third-order valence-electron chi connectivity index (χ3n) is 6.75. The van der Waals surface area contributed by atoms with Gasteiger partial charge in [-0.1, -0.05) is 42.8 Å². The monoisotopic (exact) mass is 567 g/mol. The Kier molecular flexibility index (Phi) is 10.1. The number of nitrogens with zero attached hydrogens (tertiary/aromatic N) is 2. The smallest absolute Gasteiger partial charge is 0.264 e. The molecule has 0 aliphatic rings. The Hall–Kier alpha value is -3.72. The molecule has 0 unspecified atom stereocenters. The fourth-order valence-corrected chi connectivity index (χ4v) is 5.74. The number of amides is 2. The lowest BCUT2D eigenvalue weighted by Gasteiger charge is -2.33. The van der Waals surface area contributed by atoms with Crippen LogP contribution in [0.1, 0.15) is 49.4 Å². The van der Waals surface area contributed by atoms with E-state index < -0.39 is 34.3 Å². The first-order valence-corrected chi connectivity index (χ1v) is 14.8. The predicted octanol–water partition coefficient (Wildman–Crippen LogP) is 5.28. The highest BCUT2D eigenvalue weighted by Crippen LogP contribution is 2.27. The maximum atomic E-state index is 14.0. The molecule has 40 heavy (non-hydrogen) atoms. The highest BCUT2D eigenvalue weighted by Gasteiger charge is 2.34. The third kappa shape index (κ3) is 7.47. The number of aryl methyl sites for hydroxylation is 3. The minimum atomic E-state index is -4.14. The summed E-state index contributed by atoms with van der Waals surface area (Å²) in [5.74, 6) is -1.31. The number of sulfonamides is 1. The average Bonchev–Trinajstić information content (AvgIpc) is 2.89. The summed E-state index contributed by atoms with van der Waals surface area (Å²) in [7, 11) is -4.14. The number of anilines is 1. The van der Waals surface area contributed by atoms with Crippen LogP contribution in [0.3, 0.4) is 0 Å². The van der Waals surface area contributed by atoms with Crippen molar-refractivity contribution < 1.29 is 22.4 Å². The fraction of sp³-hybridized carbons (Fsp3) is 0.355. The molecule has 9 heteroatoms. The van der Waals surface area contributed by atoms with Gasteiger partial charge in [0.05, 0.1) is 10.6 Å². The Bertz CT molecular complexity index is 1440. The SMILES string of the molecule is CC[C@@H](C(=O)NC(C)C)N(Cc1ccc(F)cc1)C(=O)CN(c1ccc(C)c(C)c1)S(=O)(=O)c1ccc(C)cc1. The minimum Gasteiger partial charge on any atom is -0.352 e. The number of hydrogen-bond donors (Lipinski definition) is 1. The van der Waals surface area contributed by atoms with E-state index in [4.69, 9.17) is 0 Å². The summed E-state index contributed by atoms with van der Waals surface area (Å²) < 4.78 is 42.6. The highest BCUT2D eigenvalue weighted by atomic mass is 32.2. The second-order valence-electron chi connectivity index (χ2n) is 10.3. The van der Waals surface area contributed by atoms with Crippen molar-refractivity contribution in [2.75, 3.05) is 10.8 Å². The second kappa shape index (κ2) is 13.1. The van der Waals surface area contributed by atoms with Gasteiger partial charge < -0.3 is 10.2 Å². The Balaban J connectivity index is 2.08. The molecular formula is C31H38FN3O4S. The van der Waals surface area contributed by atoms with Crippen molar-refractivity contribution in [2.24, 2.45) is 0 Å². The molecule has 3 rings (SSSR count). The van der Waals surface area contributed by atoms with Crippen LogP contribution in [0, 0.1) is 26.6 Å². The molecule has 7 nitrogen and oxygen atoms in total. The lowest BCUT2D eigenvalue weighted by Crippen LogP contribution is -2.53. The first-order valence-electron chi connectivity index (χ1n) is 13.3. The van der Waals surface area contributed by atoms with Gasteiger partial charge in [0.1, 0.15) is 18.4 Å². The van der Waals surface area contributed by atoms with E-state index in [2.05, 4.69) is 5.32 Å². The van der Waals surface area contributed by atoms with Crippen LogP contribution in [-0.4, -0.2) is 43.8 Å². The minimum absolute atomic E-state index is 0.00841. The van der Waals surface area contributed by atoms with E-state index in [0.29, 0.717) is 17.7 Å². The first kappa shape index (κ1) is 30.8. The summed E-state index contributed by atoms with van der Waals surface area (Å²) in [5.41, 5.74) is 3.72. The Morgan fingerprint density at radius 2 is 1.52 bits per heavy atom. The standard InChI is InChI=1S/C31H38FN3O4S/c1-7-29(31(37)33-21(2)3)34(19-25-11-13-26(32)14-12-25)30(36)20-35(27-15-10-23(5)24(6)18-27)40(38,39)28-16-8-22(4)9-17-28/h8-18,21,29H,7,19-20H2,1-6H3,(H,33,37)/t29-/m0/s1. The zero-order valence-corrected chi connectivity index (χ0v) is 24.8. The topological polar surface area (TPSA) is 86.8 Å². The van der Waals surface area contributed by atoms with Crippen molar-refractivity contribution in [3.8, 4) is 0 Å². The highest BCUT2D eigenvalue weighted by molar-refractivity contribution is 7.92. The van der Waals surface area contributed by atoms with Gasteiger partial charge in [0.15, 0.2) is 0 Å². The van der Waals surface area contributed by atoms with Crippen molar-refractivity contribution in [1.82, 2.24) is 10.2 Å². The molecule has 1 N–H and O–H groups in total. The molecule has 214 valence electrons. The van der Waals surface area contributed by atoms with E-state index in [0.717, 1.165) is 21.0 Å². The van der Waals surface area contributed by atoms with E-state index in [1.807, 2.05) is 40.7 Å². The van der Waals surface area contributed by atoms with E-state index in [1.165, 1.54) is 29.2 Å². The van der Waals surface area contributed by atoms with Gasteiger partial charge in [0, 0.05) is 12.6 Å². The number of rotatable bonds is 11. The number of benzene rings is 3. The number of carbonyl (C=O) groups excluding carboxylic acids is 2. The van der Waals surface area contributed by atoms with Crippen molar-refractivity contribution in [3.05, 3.63) is 94.8 Å². The summed E-state index contributed by atoms with van der Waals surface area (Å²) in [6.45, 7) is 10.6. The Morgan fingerprint density at radius 1 is 0.900 bits per heavy atom. The zero-order chi connectivity index (χ0) is 29.6. The number of halogens is 1. The molecule has 0 spiro atoms. The largest absolute Gasteiger partial charge is 0.352 e. The van der Waals surface area contributed by atoms with Gasteiger partial charge in [0.25, 0.3) is 10.0 Å². The molecule has 0 saturated heterocycles. The van der Waals surface area contributed by atoms with Gasteiger partial charge in [-0.2, -0.15) is 0 Å². The van der Waals surface area contributed by atoms with Crippen molar-refractivity contribution in [1.29, 1.82) is 0 Å². The van der Waals surface area contributed by atoms with Crippen molar-refractivity contribution >= 4 is 27.5 Å². The van der Waals surface area contributed by atoms with Crippen LogP contribution in [0.5, 0.6) is 0 Å². The van der Waals surface area contributed by atoms with Crippen LogP contribution >= 0.6 is 0 Å². The summed E-state index contributed by atoms with van der Waals surface area (Å²) in [6.07, 6.45) is 0.305. The van der Waals surface area contributed by atoms with E-state index in [1.54, 1.807) is 43.3 Å². The molecule has 2 amide bonds. The van der Waals surface area contributed by atoms with Gasteiger partial charge in [-0.05, 0) is 94.1 Å². The van der Waals surface area contributed by atoms with Crippen LogP contribution < -0.4 is 9.62 Å². The maximum Gasteiger partial charge on any atom is 0.264 e. The molecule has 0 radical (unpaired) electrons. The van der Waals surface area contributed by atoms with Crippen LogP contribution in [0.2, 0.25) is 0 Å². The molecule has 0 fully saturated rings. The molecule has 0 heterocycles. The molecule has 0 saturated carbocycles. The molecule has 0 bridgehead atoms. The normalized spacial score (nSPS) is 12.2. The lowest BCUT2D eigenvalue weighted by atomic mass is 10.1. The van der Waals surface area contributed by atoms with Crippen LogP contribution in [0.25, 0.3) is 0 Å². The van der Waals surface area contributed by atoms with E-state index in [9.17, 15) is 22.4 Å². The van der Waals surface area contributed by atoms with Gasteiger partial charge in [-0.3, -0.25) is 13.9 Å². The summed E-state index contributed by atoms with van der Waals surface area (Å²) >= 11 is 0. The molecule has 0 aromatic heterocycles. The summed E-state index contributed by atoms with van der Waals surface area (Å²) in [6, 6.07) is 16.3. The maximum absolute atomic E-state index is 14.0. The first-order chi connectivity index (χ1) is 18.8. The summed E-state index contributed by atoms with van der Waals surface area (Å²) in [5, 5.41) is 2.86. The molecule has 3 aromatic rings. The second-order valence-corrected chi connectivity index (χ2v) is 12.2. The van der Waals surface area contributed by atoms with Gasteiger partial charge >= 0.3 is 0 Å². The van der Waals surface area contributed by atoms with Crippen LogP contribution in [0.15, 0.2) is 71.6 Å². The molecule has 0 aliphatic heterocycles. The zero-order valence-electron chi connectivity index (χ0n) is 23.9. The van der Waals surface area contributed by atoms with Gasteiger partial charge in [0.2, 0.25) is 11.8 Å². The van der Waals surface area contributed by atoms with Crippen molar-refractivity contribution in [2.45, 2.75) is 71.5 Å². The van der Waals surface area contributed by atoms with Gasteiger partial charge in [-0.15, -0.1) is 0 Å². The van der Waals surface area contributed by atoms with Gasteiger partial charge in [-0.25, -0.2) is 12.8 Å². The molecule has 3 aromatic carbocycles. The molecule has 1 atom stereocenters. The predicted molar refractivity (Wildman–Crippen MR) is 156 cm³/mol. The van der Waals surface area contributed by atoms with Crippen molar-refractivity contribution in [3.63, 3.8) is 0 Å². The Labute approximate surface area is 237 Å². The average molecular weight is 568 g/mol.